The lowest BCUT2D eigenvalue weighted by molar-refractivity contribution is -0.121. The van der Waals surface area contributed by atoms with Crippen LogP contribution in [0.1, 0.15) is 18.2 Å². The molecule has 5 heteroatoms. The maximum absolute atomic E-state index is 11.9. The fraction of sp³-hybridized carbons (Fsp3) is 0.375. The van der Waals surface area contributed by atoms with E-state index in [-0.39, 0.29) is 11.9 Å². The second-order valence-corrected chi connectivity index (χ2v) is 5.97. The molecule has 0 saturated carbocycles. The van der Waals surface area contributed by atoms with Crippen molar-refractivity contribution < 1.29 is 9.53 Å². The highest BCUT2D eigenvalue weighted by Gasteiger charge is 2.11. The van der Waals surface area contributed by atoms with E-state index in [1.54, 1.807) is 18.4 Å². The topological polar surface area (TPSA) is 51.2 Å². The zero-order chi connectivity index (χ0) is 15.2. The molecule has 4 nitrogen and oxygen atoms in total. The molecule has 0 aliphatic rings. The van der Waals surface area contributed by atoms with E-state index < -0.39 is 0 Å². The Balaban J connectivity index is 1.99. The van der Waals surface area contributed by atoms with Gasteiger partial charge in [-0.1, -0.05) is 23.8 Å². The number of carbonyl (C=O) groups excluding carboxylic acids is 1. The van der Waals surface area contributed by atoms with Crippen LogP contribution in [0.25, 0.3) is 10.6 Å². The second-order valence-electron chi connectivity index (χ2n) is 5.11. The van der Waals surface area contributed by atoms with Crippen LogP contribution in [0.3, 0.4) is 0 Å². The Hall–Kier alpha value is -1.72. The zero-order valence-electron chi connectivity index (χ0n) is 12.6. The Morgan fingerprint density at radius 1 is 1.48 bits per heavy atom. The summed E-state index contributed by atoms with van der Waals surface area (Å²) in [5, 5.41) is 5.78. The predicted molar refractivity (Wildman–Crippen MR) is 85.5 cm³/mol. The molecule has 1 N–H and O–H groups in total. The average Bonchev–Trinajstić information content (AvgIpc) is 2.87. The SMILES string of the molecule is COCC(C)NC(=O)Cc1csc(-c2cccc(C)c2)n1. The standard InChI is InChI=1S/C16H20N2O2S/c1-11-5-4-6-13(7-11)16-18-14(10-21-16)8-15(19)17-12(2)9-20-3/h4-7,10,12H,8-9H2,1-3H3,(H,17,19). The van der Waals surface area contributed by atoms with Crippen LogP contribution in [-0.4, -0.2) is 30.6 Å². The lowest BCUT2D eigenvalue weighted by atomic mass is 10.1. The van der Waals surface area contributed by atoms with Crippen LogP contribution in [0.4, 0.5) is 0 Å². The van der Waals surface area contributed by atoms with Gasteiger partial charge in [-0.3, -0.25) is 4.79 Å². The summed E-state index contributed by atoms with van der Waals surface area (Å²) in [6.45, 7) is 4.49. The molecule has 2 aromatic rings. The molecule has 0 spiro atoms. The summed E-state index contributed by atoms with van der Waals surface area (Å²) in [5.74, 6) is -0.0272. The quantitative estimate of drug-likeness (QED) is 0.893. The number of ether oxygens (including phenoxy) is 1. The highest BCUT2D eigenvalue weighted by atomic mass is 32.1. The number of nitrogens with zero attached hydrogens (tertiary/aromatic N) is 1. The van der Waals surface area contributed by atoms with Crippen LogP contribution in [0, 0.1) is 6.92 Å². The van der Waals surface area contributed by atoms with Crippen LogP contribution in [0.15, 0.2) is 29.6 Å². The number of thiazole rings is 1. The molecule has 21 heavy (non-hydrogen) atoms. The molecule has 0 fully saturated rings. The van der Waals surface area contributed by atoms with E-state index in [9.17, 15) is 4.79 Å². The maximum Gasteiger partial charge on any atom is 0.226 e. The van der Waals surface area contributed by atoms with Gasteiger partial charge in [0.15, 0.2) is 0 Å². The van der Waals surface area contributed by atoms with Gasteiger partial charge in [-0.05, 0) is 19.9 Å². The van der Waals surface area contributed by atoms with Gasteiger partial charge < -0.3 is 10.1 Å². The van der Waals surface area contributed by atoms with Crippen molar-refractivity contribution in [1.82, 2.24) is 10.3 Å². The monoisotopic (exact) mass is 304 g/mol. The molecule has 112 valence electrons. The third-order valence-corrected chi connectivity index (χ3v) is 3.92. The van der Waals surface area contributed by atoms with Crippen LogP contribution in [0.5, 0.6) is 0 Å². The number of carbonyl (C=O) groups is 1. The van der Waals surface area contributed by atoms with Gasteiger partial charge in [0.2, 0.25) is 5.91 Å². The Kier molecular flexibility index (Phi) is 5.47. The zero-order valence-corrected chi connectivity index (χ0v) is 13.4. The minimum Gasteiger partial charge on any atom is -0.383 e. The molecule has 1 aromatic heterocycles. The first-order chi connectivity index (χ1) is 10.1. The number of benzene rings is 1. The summed E-state index contributed by atoms with van der Waals surface area (Å²) in [6.07, 6.45) is 0.302. The summed E-state index contributed by atoms with van der Waals surface area (Å²) in [6, 6.07) is 8.23. The first-order valence-electron chi connectivity index (χ1n) is 6.88. The number of hydrogen-bond donors (Lipinski definition) is 1. The van der Waals surface area contributed by atoms with E-state index >= 15 is 0 Å². The number of aromatic nitrogens is 1. The number of aryl methyl sites for hydroxylation is 1. The molecule has 1 unspecified atom stereocenters. The van der Waals surface area contributed by atoms with E-state index in [0.717, 1.165) is 16.3 Å². The van der Waals surface area contributed by atoms with Crippen molar-refractivity contribution in [2.24, 2.45) is 0 Å². The molecular weight excluding hydrogens is 284 g/mol. The summed E-state index contributed by atoms with van der Waals surface area (Å²) >= 11 is 1.57. The van der Waals surface area contributed by atoms with E-state index in [1.165, 1.54) is 5.56 Å². The molecular formula is C16H20N2O2S. The number of nitrogens with one attached hydrogen (secondary N) is 1. The van der Waals surface area contributed by atoms with Crippen molar-refractivity contribution in [2.75, 3.05) is 13.7 Å². The van der Waals surface area contributed by atoms with Gasteiger partial charge in [-0.25, -0.2) is 4.98 Å². The molecule has 1 aromatic carbocycles. The van der Waals surface area contributed by atoms with Gasteiger partial charge in [0, 0.05) is 24.1 Å². The largest absolute Gasteiger partial charge is 0.383 e. The minimum absolute atomic E-state index is 0.0115. The Morgan fingerprint density at radius 2 is 2.29 bits per heavy atom. The number of methoxy groups -OCH3 is 1. The second kappa shape index (κ2) is 7.33. The van der Waals surface area contributed by atoms with Gasteiger partial charge in [-0.2, -0.15) is 0 Å². The minimum atomic E-state index is -0.0272. The summed E-state index contributed by atoms with van der Waals surface area (Å²) < 4.78 is 5.00. The van der Waals surface area contributed by atoms with E-state index in [0.29, 0.717) is 13.0 Å². The third kappa shape index (κ3) is 4.65. The molecule has 1 heterocycles. The molecule has 1 atom stereocenters. The molecule has 0 bridgehead atoms. The molecule has 1 amide bonds. The molecule has 0 saturated heterocycles. The molecule has 0 radical (unpaired) electrons. The highest BCUT2D eigenvalue weighted by molar-refractivity contribution is 7.13. The first kappa shape index (κ1) is 15.7. The Labute approximate surface area is 129 Å². The van der Waals surface area contributed by atoms with Crippen molar-refractivity contribution in [3.63, 3.8) is 0 Å². The molecule has 0 aliphatic heterocycles. The van der Waals surface area contributed by atoms with Crippen LogP contribution in [0.2, 0.25) is 0 Å². The normalized spacial score (nSPS) is 12.1. The van der Waals surface area contributed by atoms with Crippen LogP contribution < -0.4 is 5.32 Å². The maximum atomic E-state index is 11.9. The Morgan fingerprint density at radius 3 is 3.00 bits per heavy atom. The van der Waals surface area contributed by atoms with Gasteiger partial charge in [0.25, 0.3) is 0 Å². The van der Waals surface area contributed by atoms with Crippen molar-refractivity contribution in [2.45, 2.75) is 26.3 Å². The van der Waals surface area contributed by atoms with Crippen molar-refractivity contribution in [3.8, 4) is 10.6 Å². The average molecular weight is 304 g/mol. The predicted octanol–water partition coefficient (Wildman–Crippen LogP) is 2.81. The van der Waals surface area contributed by atoms with Crippen molar-refractivity contribution in [1.29, 1.82) is 0 Å². The van der Waals surface area contributed by atoms with E-state index in [4.69, 9.17) is 4.74 Å². The summed E-state index contributed by atoms with van der Waals surface area (Å²) in [7, 11) is 1.62. The third-order valence-electron chi connectivity index (χ3n) is 2.98. The van der Waals surface area contributed by atoms with Gasteiger partial charge in [0.05, 0.1) is 18.7 Å². The summed E-state index contributed by atoms with van der Waals surface area (Å²) in [4.78, 5) is 16.4. The van der Waals surface area contributed by atoms with Crippen molar-refractivity contribution in [3.05, 3.63) is 40.9 Å². The first-order valence-corrected chi connectivity index (χ1v) is 7.76. The smallest absolute Gasteiger partial charge is 0.226 e. The van der Waals surface area contributed by atoms with Crippen molar-refractivity contribution >= 4 is 17.2 Å². The number of amides is 1. The lowest BCUT2D eigenvalue weighted by Gasteiger charge is -2.11. The van der Waals surface area contributed by atoms with Gasteiger partial charge >= 0.3 is 0 Å². The molecule has 2 rings (SSSR count). The van der Waals surface area contributed by atoms with E-state index in [1.807, 2.05) is 24.4 Å². The van der Waals surface area contributed by atoms with Crippen LogP contribution >= 0.6 is 11.3 Å². The van der Waals surface area contributed by atoms with Crippen LogP contribution in [-0.2, 0) is 16.0 Å². The van der Waals surface area contributed by atoms with E-state index in [2.05, 4.69) is 29.4 Å². The molecule has 0 aliphatic carbocycles. The highest BCUT2D eigenvalue weighted by Crippen LogP contribution is 2.24. The fourth-order valence-corrected chi connectivity index (χ4v) is 2.90. The lowest BCUT2D eigenvalue weighted by Crippen LogP contribution is -2.36. The van der Waals surface area contributed by atoms with Gasteiger partial charge in [-0.15, -0.1) is 11.3 Å². The number of rotatable bonds is 6. The number of hydrogen-bond acceptors (Lipinski definition) is 4. The fourth-order valence-electron chi connectivity index (χ4n) is 2.08. The summed E-state index contributed by atoms with van der Waals surface area (Å²) in [5.41, 5.74) is 3.11. The van der Waals surface area contributed by atoms with Gasteiger partial charge in [0.1, 0.15) is 5.01 Å². The Bertz CT molecular complexity index is 610.